The van der Waals surface area contributed by atoms with Crippen LogP contribution in [0.1, 0.15) is 78.6 Å². The molecular formula is C21H35NO3S. The second kappa shape index (κ2) is 6.30. The molecule has 148 valence electrons. The highest BCUT2D eigenvalue weighted by molar-refractivity contribution is 7.89. The lowest BCUT2D eigenvalue weighted by Crippen LogP contribution is -2.55. The van der Waals surface area contributed by atoms with Gasteiger partial charge < -0.3 is 0 Å². The van der Waals surface area contributed by atoms with E-state index in [9.17, 15) is 13.2 Å². The summed E-state index contributed by atoms with van der Waals surface area (Å²) in [7, 11) is -3.11. The number of hydrogen-bond acceptors (Lipinski definition) is 3. The van der Waals surface area contributed by atoms with Crippen molar-refractivity contribution in [1.82, 2.24) is 4.72 Å². The molecule has 0 amide bonds. The van der Waals surface area contributed by atoms with Gasteiger partial charge in [0.05, 0.1) is 5.75 Å². The van der Waals surface area contributed by atoms with Gasteiger partial charge in [0, 0.05) is 17.9 Å². The summed E-state index contributed by atoms with van der Waals surface area (Å²) in [6.07, 6.45) is 9.73. The van der Waals surface area contributed by atoms with Crippen LogP contribution in [0.4, 0.5) is 0 Å². The summed E-state index contributed by atoms with van der Waals surface area (Å²) >= 11 is 0. The van der Waals surface area contributed by atoms with Gasteiger partial charge in [0.25, 0.3) is 0 Å². The number of Topliss-reactive ketones (excluding diaryl/α,β-unsaturated/α-hetero) is 1. The summed E-state index contributed by atoms with van der Waals surface area (Å²) in [5, 5.41) is 0. The second-order valence-electron chi connectivity index (χ2n) is 10.1. The van der Waals surface area contributed by atoms with Gasteiger partial charge in [0.1, 0.15) is 5.78 Å². The van der Waals surface area contributed by atoms with E-state index < -0.39 is 10.0 Å². The summed E-state index contributed by atoms with van der Waals surface area (Å²) in [5.41, 5.74) is 0.294. The van der Waals surface area contributed by atoms with Crippen LogP contribution in [0, 0.1) is 34.5 Å². The average Bonchev–Trinajstić information content (AvgIpc) is 2.90. The van der Waals surface area contributed by atoms with Crippen molar-refractivity contribution >= 4 is 15.8 Å². The maximum absolute atomic E-state index is 12.5. The first-order chi connectivity index (χ1) is 12.2. The Morgan fingerprint density at radius 1 is 1.04 bits per heavy atom. The van der Waals surface area contributed by atoms with Crippen LogP contribution >= 0.6 is 0 Å². The number of fused-ring (bicyclic) bond motifs is 5. The average molecular weight is 382 g/mol. The van der Waals surface area contributed by atoms with Crippen LogP contribution in [0.15, 0.2) is 0 Å². The zero-order chi connectivity index (χ0) is 18.7. The summed E-state index contributed by atoms with van der Waals surface area (Å²) in [6, 6.07) is 0.122. The van der Waals surface area contributed by atoms with Crippen molar-refractivity contribution < 1.29 is 13.2 Å². The molecule has 0 saturated heterocycles. The second-order valence-corrected chi connectivity index (χ2v) is 12.1. The Kier molecular flexibility index (Phi) is 4.58. The molecular weight excluding hydrogens is 346 g/mol. The molecule has 4 aliphatic carbocycles. The summed E-state index contributed by atoms with van der Waals surface area (Å²) in [5.74, 6) is 3.36. The fraction of sp³-hybridized carbons (Fsp3) is 0.952. The van der Waals surface area contributed by atoms with E-state index in [0.717, 1.165) is 44.4 Å². The Morgan fingerprint density at radius 2 is 1.81 bits per heavy atom. The minimum Gasteiger partial charge on any atom is -0.299 e. The molecule has 4 saturated carbocycles. The summed E-state index contributed by atoms with van der Waals surface area (Å²) < 4.78 is 26.9. The molecule has 4 rings (SSSR count). The molecule has 5 heteroatoms. The maximum atomic E-state index is 12.5. The lowest BCUT2D eigenvalue weighted by Gasteiger charge is -2.60. The zero-order valence-corrected chi connectivity index (χ0v) is 17.4. The van der Waals surface area contributed by atoms with Crippen molar-refractivity contribution in [2.45, 2.75) is 84.6 Å². The van der Waals surface area contributed by atoms with Gasteiger partial charge in [-0.05, 0) is 87.4 Å². The monoisotopic (exact) mass is 381 g/mol. The number of sulfonamides is 1. The molecule has 0 radical (unpaired) electrons. The van der Waals surface area contributed by atoms with E-state index in [2.05, 4.69) is 18.6 Å². The predicted octanol–water partition coefficient (Wildman–Crippen LogP) is 3.91. The number of carbonyl (C=O) groups excluding carboxylic acids is 1. The molecule has 0 aromatic carbocycles. The summed E-state index contributed by atoms with van der Waals surface area (Å²) in [6.45, 7) is 6.44. The number of nitrogens with one attached hydrogen (secondary N) is 1. The van der Waals surface area contributed by atoms with E-state index in [1.165, 1.54) is 19.3 Å². The fourth-order valence-electron chi connectivity index (χ4n) is 7.47. The molecule has 1 N–H and O–H groups in total. The first-order valence-electron chi connectivity index (χ1n) is 10.7. The molecule has 0 aromatic heterocycles. The van der Waals surface area contributed by atoms with Gasteiger partial charge in [-0.15, -0.1) is 0 Å². The third-order valence-electron chi connectivity index (χ3n) is 9.10. The summed E-state index contributed by atoms with van der Waals surface area (Å²) in [4.78, 5) is 12.5. The van der Waals surface area contributed by atoms with Crippen molar-refractivity contribution in [3.8, 4) is 0 Å². The Hall–Kier alpha value is -0.420. The molecule has 0 bridgehead atoms. The van der Waals surface area contributed by atoms with Crippen molar-refractivity contribution in [3.63, 3.8) is 0 Å². The minimum absolute atomic E-state index is 0.0433. The van der Waals surface area contributed by atoms with Crippen LogP contribution in [0.3, 0.4) is 0 Å². The van der Waals surface area contributed by atoms with Gasteiger partial charge in [-0.2, -0.15) is 0 Å². The van der Waals surface area contributed by atoms with Crippen LogP contribution in [0.25, 0.3) is 0 Å². The minimum atomic E-state index is -3.11. The first-order valence-corrected chi connectivity index (χ1v) is 12.4. The van der Waals surface area contributed by atoms with Crippen LogP contribution < -0.4 is 4.72 Å². The Balaban J connectivity index is 1.52. The third kappa shape index (κ3) is 2.80. The van der Waals surface area contributed by atoms with Gasteiger partial charge in [-0.25, -0.2) is 13.1 Å². The first kappa shape index (κ1) is 18.9. The van der Waals surface area contributed by atoms with Gasteiger partial charge in [0.2, 0.25) is 10.0 Å². The molecule has 26 heavy (non-hydrogen) atoms. The van der Waals surface area contributed by atoms with E-state index in [1.54, 1.807) is 6.92 Å². The lowest BCUT2D eigenvalue weighted by atomic mass is 9.45. The molecule has 0 heterocycles. The van der Waals surface area contributed by atoms with Crippen LogP contribution in [0.2, 0.25) is 0 Å². The molecule has 4 nitrogen and oxygen atoms in total. The SMILES string of the molecule is CCS(=O)(=O)N[C@H]1CC[C@@]2(C)[C@@H](CC[C@@H]3[C@@H]2CC[C@]2(C)C(=O)CC[C@@H]32)C1. The van der Waals surface area contributed by atoms with Crippen molar-refractivity contribution in [1.29, 1.82) is 0 Å². The number of hydrogen-bond donors (Lipinski definition) is 1. The number of rotatable bonds is 3. The normalized spacial score (nSPS) is 48.6. The van der Waals surface area contributed by atoms with E-state index in [4.69, 9.17) is 0 Å². The number of carbonyl (C=O) groups is 1. The van der Waals surface area contributed by atoms with Gasteiger partial charge in [-0.3, -0.25) is 4.79 Å². The van der Waals surface area contributed by atoms with Crippen molar-refractivity contribution in [2.75, 3.05) is 5.75 Å². The zero-order valence-electron chi connectivity index (χ0n) is 16.6. The highest BCUT2D eigenvalue weighted by Gasteiger charge is 2.60. The molecule has 4 fully saturated rings. The lowest BCUT2D eigenvalue weighted by molar-refractivity contribution is -0.139. The molecule has 0 aromatic rings. The maximum Gasteiger partial charge on any atom is 0.211 e. The van der Waals surface area contributed by atoms with E-state index >= 15 is 0 Å². The highest BCUT2D eigenvalue weighted by atomic mass is 32.2. The Labute approximate surface area is 158 Å². The molecule has 0 unspecified atom stereocenters. The highest BCUT2D eigenvalue weighted by Crippen LogP contribution is 2.65. The topological polar surface area (TPSA) is 63.2 Å². The van der Waals surface area contributed by atoms with Crippen LogP contribution in [-0.2, 0) is 14.8 Å². The quantitative estimate of drug-likeness (QED) is 0.806. The number of ketones is 1. The van der Waals surface area contributed by atoms with Crippen LogP contribution in [-0.4, -0.2) is 26.0 Å². The standard InChI is InChI=1S/C21H35NO3S/c1-4-26(24,25)22-15-9-11-20(2)14(13-15)5-6-16-17-7-8-19(23)21(17,3)12-10-18(16)20/h14-18,22H,4-13H2,1-3H3/t14-,15-,16-,17-,18-,20-,21-/m0/s1. The van der Waals surface area contributed by atoms with Gasteiger partial charge >= 0.3 is 0 Å². The smallest absolute Gasteiger partial charge is 0.211 e. The fourth-order valence-corrected chi connectivity index (χ4v) is 8.36. The van der Waals surface area contributed by atoms with E-state index in [0.29, 0.717) is 29.0 Å². The largest absolute Gasteiger partial charge is 0.299 e. The molecule has 7 atom stereocenters. The Bertz CT molecular complexity index is 689. The van der Waals surface area contributed by atoms with Gasteiger partial charge in [-0.1, -0.05) is 13.8 Å². The van der Waals surface area contributed by atoms with E-state index in [-0.39, 0.29) is 17.2 Å². The van der Waals surface area contributed by atoms with Gasteiger partial charge in [0.15, 0.2) is 0 Å². The molecule has 0 spiro atoms. The van der Waals surface area contributed by atoms with E-state index in [1.807, 2.05) is 0 Å². The third-order valence-corrected chi connectivity index (χ3v) is 10.6. The molecule has 4 aliphatic rings. The van der Waals surface area contributed by atoms with Crippen LogP contribution in [0.5, 0.6) is 0 Å². The Morgan fingerprint density at radius 3 is 2.54 bits per heavy atom. The van der Waals surface area contributed by atoms with Crippen molar-refractivity contribution in [3.05, 3.63) is 0 Å². The molecule has 0 aliphatic heterocycles. The van der Waals surface area contributed by atoms with Crippen molar-refractivity contribution in [2.24, 2.45) is 34.5 Å². The predicted molar refractivity (Wildman–Crippen MR) is 103 cm³/mol.